The number of carbonyl (C=O) groups is 2. The number of likely N-dealkylation sites (N-methyl/N-ethyl adjacent to an activating group) is 1. The minimum absolute atomic E-state index is 0.108. The molecule has 6 heteroatoms. The van der Waals surface area contributed by atoms with Crippen molar-refractivity contribution in [3.63, 3.8) is 0 Å². The van der Waals surface area contributed by atoms with Crippen LogP contribution in [-0.4, -0.2) is 41.6 Å². The molecule has 2 rings (SSSR count). The van der Waals surface area contributed by atoms with Crippen molar-refractivity contribution in [2.24, 2.45) is 0 Å². The number of rotatable bonds is 2. The molecule has 1 aliphatic rings. The second-order valence-corrected chi connectivity index (χ2v) is 4.02. The average Bonchev–Trinajstić information content (AvgIpc) is 2.67. The molecule has 0 saturated carbocycles. The predicted octanol–water partition coefficient (Wildman–Crippen LogP) is 0.883. The zero-order valence-corrected chi connectivity index (χ0v) is 9.70. The SMILES string of the molecule is CN1C(=O)N(c2ccc(C#N)cc2)CC1C(=O)O. The number of carboxylic acids is 1. The first kappa shape index (κ1) is 11.9. The first-order valence-electron chi connectivity index (χ1n) is 5.32. The molecule has 1 saturated heterocycles. The lowest BCUT2D eigenvalue weighted by molar-refractivity contribution is -0.140. The lowest BCUT2D eigenvalue weighted by atomic mass is 10.2. The van der Waals surface area contributed by atoms with E-state index in [0.717, 1.165) is 0 Å². The zero-order valence-electron chi connectivity index (χ0n) is 9.70. The van der Waals surface area contributed by atoms with Crippen molar-refractivity contribution in [2.75, 3.05) is 18.5 Å². The topological polar surface area (TPSA) is 84.6 Å². The van der Waals surface area contributed by atoms with E-state index in [-0.39, 0.29) is 12.6 Å². The number of carboxylic acid groups (broad SMARTS) is 1. The molecule has 1 aliphatic heterocycles. The molecule has 1 aromatic carbocycles. The highest BCUT2D eigenvalue weighted by Crippen LogP contribution is 2.23. The highest BCUT2D eigenvalue weighted by atomic mass is 16.4. The van der Waals surface area contributed by atoms with Crippen LogP contribution in [0.5, 0.6) is 0 Å². The highest BCUT2D eigenvalue weighted by Gasteiger charge is 2.39. The molecule has 92 valence electrons. The summed E-state index contributed by atoms with van der Waals surface area (Å²) in [4.78, 5) is 25.5. The van der Waals surface area contributed by atoms with Crippen LogP contribution in [0, 0.1) is 11.3 Å². The number of nitriles is 1. The Morgan fingerprint density at radius 1 is 1.44 bits per heavy atom. The fourth-order valence-corrected chi connectivity index (χ4v) is 1.87. The maximum Gasteiger partial charge on any atom is 0.328 e. The summed E-state index contributed by atoms with van der Waals surface area (Å²) in [5, 5.41) is 17.7. The Hall–Kier alpha value is -2.55. The van der Waals surface area contributed by atoms with Gasteiger partial charge in [0.05, 0.1) is 18.2 Å². The molecule has 0 spiro atoms. The van der Waals surface area contributed by atoms with Crippen molar-refractivity contribution in [2.45, 2.75) is 6.04 Å². The lowest BCUT2D eigenvalue weighted by Gasteiger charge is -2.15. The second kappa shape index (κ2) is 4.37. The summed E-state index contributed by atoms with van der Waals surface area (Å²) in [5.41, 5.74) is 1.09. The van der Waals surface area contributed by atoms with Gasteiger partial charge in [0.15, 0.2) is 0 Å². The van der Waals surface area contributed by atoms with Gasteiger partial charge in [-0.1, -0.05) is 0 Å². The normalized spacial score (nSPS) is 18.9. The summed E-state index contributed by atoms with van der Waals surface area (Å²) in [6, 6.07) is 7.24. The number of hydrogen-bond acceptors (Lipinski definition) is 3. The maximum atomic E-state index is 11.9. The van der Waals surface area contributed by atoms with Gasteiger partial charge >= 0.3 is 12.0 Å². The summed E-state index contributed by atoms with van der Waals surface area (Å²) >= 11 is 0. The van der Waals surface area contributed by atoms with Crippen molar-refractivity contribution in [3.8, 4) is 6.07 Å². The Bertz CT molecular complexity index is 532. The van der Waals surface area contributed by atoms with Crippen LogP contribution in [-0.2, 0) is 4.79 Å². The van der Waals surface area contributed by atoms with Crippen LogP contribution >= 0.6 is 0 Å². The third kappa shape index (κ3) is 1.86. The van der Waals surface area contributed by atoms with Crippen molar-refractivity contribution in [1.82, 2.24) is 4.90 Å². The first-order chi connectivity index (χ1) is 8.54. The van der Waals surface area contributed by atoms with Gasteiger partial charge in [0.2, 0.25) is 0 Å². The molecule has 1 atom stereocenters. The molecule has 2 amide bonds. The summed E-state index contributed by atoms with van der Waals surface area (Å²) in [6.07, 6.45) is 0. The van der Waals surface area contributed by atoms with Crippen LogP contribution in [0.1, 0.15) is 5.56 Å². The van der Waals surface area contributed by atoms with E-state index >= 15 is 0 Å². The van der Waals surface area contributed by atoms with Crippen molar-refractivity contribution in [3.05, 3.63) is 29.8 Å². The zero-order chi connectivity index (χ0) is 13.3. The fraction of sp³-hybridized carbons (Fsp3) is 0.250. The molecule has 18 heavy (non-hydrogen) atoms. The van der Waals surface area contributed by atoms with Crippen LogP contribution in [0.15, 0.2) is 24.3 Å². The van der Waals surface area contributed by atoms with E-state index < -0.39 is 12.0 Å². The number of benzene rings is 1. The van der Waals surface area contributed by atoms with Gasteiger partial charge in [0.25, 0.3) is 0 Å². The van der Waals surface area contributed by atoms with Gasteiger partial charge in [-0.05, 0) is 24.3 Å². The van der Waals surface area contributed by atoms with E-state index in [0.29, 0.717) is 11.3 Å². The van der Waals surface area contributed by atoms with E-state index in [9.17, 15) is 9.59 Å². The lowest BCUT2D eigenvalue weighted by Crippen LogP contribution is -2.36. The van der Waals surface area contributed by atoms with Gasteiger partial charge in [-0.3, -0.25) is 4.90 Å². The molecule has 1 aromatic rings. The van der Waals surface area contributed by atoms with Gasteiger partial charge in [-0.2, -0.15) is 5.26 Å². The molecule has 1 heterocycles. The predicted molar refractivity (Wildman–Crippen MR) is 63.1 cm³/mol. The van der Waals surface area contributed by atoms with Crippen LogP contribution in [0.25, 0.3) is 0 Å². The highest BCUT2D eigenvalue weighted by molar-refractivity contribution is 5.98. The van der Waals surface area contributed by atoms with Gasteiger partial charge in [-0.25, -0.2) is 9.59 Å². The van der Waals surface area contributed by atoms with Crippen LogP contribution in [0.3, 0.4) is 0 Å². The number of urea groups is 1. The molecule has 0 aliphatic carbocycles. The number of nitrogens with zero attached hydrogens (tertiary/aromatic N) is 3. The number of aliphatic carboxylic acids is 1. The fourth-order valence-electron chi connectivity index (χ4n) is 1.87. The standard InChI is InChI=1S/C12H11N3O3/c1-14-10(11(16)17)7-15(12(14)18)9-4-2-8(6-13)3-5-9/h2-5,10H,7H2,1H3,(H,16,17). The van der Waals surface area contributed by atoms with Crippen molar-refractivity contribution in [1.29, 1.82) is 5.26 Å². The Morgan fingerprint density at radius 3 is 2.50 bits per heavy atom. The maximum absolute atomic E-state index is 11.9. The molecular formula is C12H11N3O3. The van der Waals surface area contributed by atoms with Crippen molar-refractivity contribution < 1.29 is 14.7 Å². The summed E-state index contributed by atoms with van der Waals surface area (Å²) in [6.45, 7) is 0.108. The Kier molecular flexibility index (Phi) is 2.90. The molecule has 1 N–H and O–H groups in total. The second-order valence-electron chi connectivity index (χ2n) is 4.02. The van der Waals surface area contributed by atoms with Crippen LogP contribution in [0.2, 0.25) is 0 Å². The number of carbonyl (C=O) groups excluding carboxylic acids is 1. The summed E-state index contributed by atoms with van der Waals surface area (Å²) in [5.74, 6) is -1.03. The molecule has 1 unspecified atom stereocenters. The van der Waals surface area contributed by atoms with E-state index in [1.165, 1.54) is 16.8 Å². The van der Waals surface area contributed by atoms with Crippen LogP contribution < -0.4 is 4.90 Å². The number of amides is 2. The molecule has 0 radical (unpaired) electrons. The van der Waals surface area contributed by atoms with E-state index in [1.807, 2.05) is 6.07 Å². The quantitative estimate of drug-likeness (QED) is 0.838. The Labute approximate surface area is 104 Å². The van der Waals surface area contributed by atoms with Crippen LogP contribution in [0.4, 0.5) is 10.5 Å². The Balaban J connectivity index is 2.26. The number of hydrogen-bond donors (Lipinski definition) is 1. The van der Waals surface area contributed by atoms with Gasteiger partial charge in [-0.15, -0.1) is 0 Å². The van der Waals surface area contributed by atoms with E-state index in [4.69, 9.17) is 10.4 Å². The summed E-state index contributed by atoms with van der Waals surface area (Å²) in [7, 11) is 1.46. The molecule has 0 aromatic heterocycles. The van der Waals surface area contributed by atoms with E-state index in [1.54, 1.807) is 24.3 Å². The largest absolute Gasteiger partial charge is 0.480 e. The van der Waals surface area contributed by atoms with Gasteiger partial charge in [0.1, 0.15) is 6.04 Å². The third-order valence-corrected chi connectivity index (χ3v) is 2.95. The first-order valence-corrected chi connectivity index (χ1v) is 5.32. The van der Waals surface area contributed by atoms with Crippen molar-refractivity contribution >= 4 is 17.7 Å². The molecule has 6 nitrogen and oxygen atoms in total. The minimum atomic E-state index is -1.03. The Morgan fingerprint density at radius 2 is 2.06 bits per heavy atom. The van der Waals surface area contributed by atoms with Gasteiger partial charge in [0, 0.05) is 12.7 Å². The molecular weight excluding hydrogens is 234 g/mol. The molecule has 0 bridgehead atoms. The van der Waals surface area contributed by atoms with E-state index in [2.05, 4.69) is 0 Å². The smallest absolute Gasteiger partial charge is 0.328 e. The average molecular weight is 245 g/mol. The molecule has 1 fully saturated rings. The van der Waals surface area contributed by atoms with Gasteiger partial charge < -0.3 is 10.0 Å². The number of anilines is 1. The minimum Gasteiger partial charge on any atom is -0.480 e. The monoisotopic (exact) mass is 245 g/mol. The summed E-state index contributed by atoms with van der Waals surface area (Å²) < 4.78 is 0. The third-order valence-electron chi connectivity index (χ3n) is 2.95.